The summed E-state index contributed by atoms with van der Waals surface area (Å²) >= 11 is 0. The minimum absolute atomic E-state index is 0.0905. The van der Waals surface area contributed by atoms with Gasteiger partial charge in [-0.05, 0) is 0 Å². The standard InChI is InChI=1S/C8H11F2N3O2/c1-15-3-2-7-6(5-14)11-12-13(7)4-8(9)10/h5,8H,2-4H2,1H3. The Morgan fingerprint density at radius 3 is 2.87 bits per heavy atom. The van der Waals surface area contributed by atoms with Crippen molar-refractivity contribution in [3.63, 3.8) is 0 Å². The second kappa shape index (κ2) is 5.50. The van der Waals surface area contributed by atoms with Gasteiger partial charge in [-0.25, -0.2) is 13.5 Å². The summed E-state index contributed by atoms with van der Waals surface area (Å²) in [7, 11) is 1.49. The minimum atomic E-state index is -2.52. The lowest BCUT2D eigenvalue weighted by Gasteiger charge is -2.05. The summed E-state index contributed by atoms with van der Waals surface area (Å²) in [5.74, 6) is 0. The summed E-state index contributed by atoms with van der Waals surface area (Å²) in [6, 6.07) is 0. The quantitative estimate of drug-likeness (QED) is 0.655. The summed E-state index contributed by atoms with van der Waals surface area (Å²) in [5, 5.41) is 6.98. The Kier molecular flexibility index (Phi) is 4.29. The Labute approximate surface area is 85.0 Å². The maximum atomic E-state index is 12.1. The van der Waals surface area contributed by atoms with Crippen LogP contribution in [0.25, 0.3) is 0 Å². The van der Waals surface area contributed by atoms with Gasteiger partial charge in [0.15, 0.2) is 6.29 Å². The first-order chi connectivity index (χ1) is 7.19. The van der Waals surface area contributed by atoms with E-state index in [1.54, 1.807) is 0 Å². The average Bonchev–Trinajstić information content (AvgIpc) is 2.56. The van der Waals surface area contributed by atoms with E-state index in [0.29, 0.717) is 25.0 Å². The van der Waals surface area contributed by atoms with Gasteiger partial charge in [-0.2, -0.15) is 0 Å². The van der Waals surface area contributed by atoms with Crippen LogP contribution in [0.3, 0.4) is 0 Å². The Bertz CT molecular complexity index is 328. The van der Waals surface area contributed by atoms with Crippen molar-refractivity contribution in [2.45, 2.75) is 19.4 Å². The maximum Gasteiger partial charge on any atom is 0.257 e. The van der Waals surface area contributed by atoms with E-state index in [0.717, 1.165) is 4.68 Å². The molecule has 0 unspecified atom stereocenters. The number of ether oxygens (including phenoxy) is 1. The van der Waals surface area contributed by atoms with Gasteiger partial charge in [0.05, 0.1) is 12.3 Å². The van der Waals surface area contributed by atoms with Crippen LogP contribution in [0, 0.1) is 0 Å². The molecule has 0 spiro atoms. The molecule has 7 heteroatoms. The number of hydrogen-bond donors (Lipinski definition) is 0. The highest BCUT2D eigenvalue weighted by Crippen LogP contribution is 2.07. The molecule has 0 saturated carbocycles. The van der Waals surface area contributed by atoms with E-state index < -0.39 is 13.0 Å². The topological polar surface area (TPSA) is 57.0 Å². The number of aromatic nitrogens is 3. The molecule has 0 N–H and O–H groups in total. The molecule has 84 valence electrons. The van der Waals surface area contributed by atoms with Crippen molar-refractivity contribution in [1.82, 2.24) is 15.0 Å². The van der Waals surface area contributed by atoms with Gasteiger partial charge < -0.3 is 4.74 Å². The molecule has 1 heterocycles. The van der Waals surface area contributed by atoms with E-state index in [4.69, 9.17) is 4.74 Å². The number of alkyl halides is 2. The highest BCUT2D eigenvalue weighted by molar-refractivity contribution is 5.73. The predicted octanol–water partition coefficient (Wildman–Crippen LogP) is 0.545. The third-order valence-corrected chi connectivity index (χ3v) is 1.83. The molecule has 0 aliphatic heterocycles. The van der Waals surface area contributed by atoms with E-state index >= 15 is 0 Å². The first-order valence-electron chi connectivity index (χ1n) is 4.33. The summed E-state index contributed by atoms with van der Waals surface area (Å²) < 4.78 is 30.1. The zero-order valence-corrected chi connectivity index (χ0v) is 8.19. The molecule has 0 fully saturated rings. The highest BCUT2D eigenvalue weighted by atomic mass is 19.3. The fraction of sp³-hybridized carbons (Fsp3) is 0.625. The first kappa shape index (κ1) is 11.7. The smallest absolute Gasteiger partial charge is 0.257 e. The average molecular weight is 219 g/mol. The highest BCUT2D eigenvalue weighted by Gasteiger charge is 2.14. The molecule has 0 aliphatic rings. The van der Waals surface area contributed by atoms with Gasteiger partial charge in [0.2, 0.25) is 0 Å². The third kappa shape index (κ3) is 3.05. The number of methoxy groups -OCH3 is 1. The Balaban J connectivity index is 2.84. The van der Waals surface area contributed by atoms with Crippen molar-refractivity contribution in [3.8, 4) is 0 Å². The summed E-state index contributed by atoms with van der Waals surface area (Å²) in [5.41, 5.74) is 0.472. The summed E-state index contributed by atoms with van der Waals surface area (Å²) in [4.78, 5) is 10.5. The number of aldehydes is 1. The lowest BCUT2D eigenvalue weighted by molar-refractivity contribution is 0.111. The molecule has 0 bridgehead atoms. The second-order valence-corrected chi connectivity index (χ2v) is 2.86. The predicted molar refractivity (Wildman–Crippen MR) is 47.0 cm³/mol. The van der Waals surface area contributed by atoms with Gasteiger partial charge in [-0.3, -0.25) is 4.79 Å². The van der Waals surface area contributed by atoms with Crippen LogP contribution in [0.2, 0.25) is 0 Å². The van der Waals surface area contributed by atoms with E-state index in [9.17, 15) is 13.6 Å². The van der Waals surface area contributed by atoms with E-state index in [2.05, 4.69) is 10.3 Å². The molecule has 1 rings (SSSR count). The number of carbonyl (C=O) groups is 1. The molecule has 0 aliphatic carbocycles. The van der Waals surface area contributed by atoms with E-state index in [1.807, 2.05) is 0 Å². The molecule has 0 atom stereocenters. The monoisotopic (exact) mass is 219 g/mol. The Morgan fingerprint density at radius 1 is 1.60 bits per heavy atom. The molecule has 1 aromatic rings. The fourth-order valence-corrected chi connectivity index (χ4v) is 1.17. The lowest BCUT2D eigenvalue weighted by Crippen LogP contribution is -2.13. The Morgan fingerprint density at radius 2 is 2.33 bits per heavy atom. The van der Waals surface area contributed by atoms with Gasteiger partial charge >= 0.3 is 0 Å². The van der Waals surface area contributed by atoms with Crippen molar-refractivity contribution in [2.24, 2.45) is 0 Å². The number of halogens is 2. The van der Waals surface area contributed by atoms with E-state index in [1.165, 1.54) is 7.11 Å². The number of hydrogen-bond acceptors (Lipinski definition) is 4. The van der Waals surface area contributed by atoms with Crippen LogP contribution in [0.5, 0.6) is 0 Å². The van der Waals surface area contributed by atoms with Crippen LogP contribution in [0.1, 0.15) is 16.2 Å². The van der Waals surface area contributed by atoms with Gasteiger partial charge in [-0.1, -0.05) is 5.21 Å². The lowest BCUT2D eigenvalue weighted by atomic mass is 10.2. The zero-order chi connectivity index (χ0) is 11.3. The molecule has 1 aromatic heterocycles. The molecular formula is C8H11F2N3O2. The molecule has 0 aromatic carbocycles. The van der Waals surface area contributed by atoms with Crippen molar-refractivity contribution < 1.29 is 18.3 Å². The fourth-order valence-electron chi connectivity index (χ4n) is 1.17. The van der Waals surface area contributed by atoms with Crippen molar-refractivity contribution in [1.29, 1.82) is 0 Å². The van der Waals surface area contributed by atoms with Gasteiger partial charge in [0.25, 0.3) is 6.43 Å². The SMILES string of the molecule is COCCc1c(C=O)nnn1CC(F)F. The molecular weight excluding hydrogens is 208 g/mol. The van der Waals surface area contributed by atoms with Crippen molar-refractivity contribution in [2.75, 3.05) is 13.7 Å². The molecule has 15 heavy (non-hydrogen) atoms. The Hall–Kier alpha value is -1.37. The second-order valence-electron chi connectivity index (χ2n) is 2.86. The summed E-state index contributed by atoms with van der Waals surface area (Å²) in [6.45, 7) is -0.225. The molecule has 5 nitrogen and oxygen atoms in total. The maximum absolute atomic E-state index is 12.1. The van der Waals surface area contributed by atoms with Crippen LogP contribution in [-0.2, 0) is 17.7 Å². The van der Waals surface area contributed by atoms with Crippen molar-refractivity contribution in [3.05, 3.63) is 11.4 Å². The van der Waals surface area contributed by atoms with E-state index in [-0.39, 0.29) is 5.69 Å². The number of nitrogens with zero attached hydrogens (tertiary/aromatic N) is 3. The molecule has 0 amide bonds. The van der Waals surface area contributed by atoms with Crippen LogP contribution in [0.4, 0.5) is 8.78 Å². The zero-order valence-electron chi connectivity index (χ0n) is 8.19. The van der Waals surface area contributed by atoms with Gasteiger partial charge in [-0.15, -0.1) is 5.10 Å². The van der Waals surface area contributed by atoms with Crippen LogP contribution in [0.15, 0.2) is 0 Å². The normalized spacial score (nSPS) is 10.9. The van der Waals surface area contributed by atoms with Crippen molar-refractivity contribution >= 4 is 6.29 Å². The molecule has 0 radical (unpaired) electrons. The first-order valence-corrected chi connectivity index (χ1v) is 4.33. The van der Waals surface area contributed by atoms with Crippen LogP contribution >= 0.6 is 0 Å². The van der Waals surface area contributed by atoms with Crippen LogP contribution < -0.4 is 0 Å². The molecule has 0 saturated heterocycles. The third-order valence-electron chi connectivity index (χ3n) is 1.83. The number of rotatable bonds is 6. The van der Waals surface area contributed by atoms with Crippen LogP contribution in [-0.4, -0.2) is 41.4 Å². The minimum Gasteiger partial charge on any atom is -0.384 e. The largest absolute Gasteiger partial charge is 0.384 e. The van der Waals surface area contributed by atoms with Gasteiger partial charge in [0, 0.05) is 13.5 Å². The summed E-state index contributed by atoms with van der Waals surface area (Å²) in [6.07, 6.45) is -1.68. The van der Waals surface area contributed by atoms with Gasteiger partial charge in [0.1, 0.15) is 12.2 Å². The number of carbonyl (C=O) groups excluding carboxylic acids is 1.